The fourth-order valence-electron chi connectivity index (χ4n) is 3.64. The van der Waals surface area contributed by atoms with Gasteiger partial charge in [0.05, 0.1) is 6.04 Å². The third-order valence-electron chi connectivity index (χ3n) is 5.36. The molecule has 0 spiro atoms. The van der Waals surface area contributed by atoms with Gasteiger partial charge in [0, 0.05) is 17.8 Å². The van der Waals surface area contributed by atoms with Gasteiger partial charge in [-0.1, -0.05) is 12.5 Å². The molecule has 150 valence electrons. The first-order chi connectivity index (χ1) is 13.5. The molecule has 0 aliphatic carbocycles. The van der Waals surface area contributed by atoms with Crippen molar-refractivity contribution in [1.82, 2.24) is 10.2 Å². The highest BCUT2D eigenvalue weighted by Crippen LogP contribution is 2.26. The number of nitrogens with one attached hydrogen (secondary N) is 2. The van der Waals surface area contributed by atoms with Crippen LogP contribution >= 0.6 is 0 Å². The first kappa shape index (κ1) is 20.1. The van der Waals surface area contributed by atoms with Gasteiger partial charge in [0.2, 0.25) is 0 Å². The molecule has 28 heavy (non-hydrogen) atoms. The average molecular weight is 383 g/mol. The van der Waals surface area contributed by atoms with Crippen molar-refractivity contribution < 1.29 is 14.0 Å². The standard InChI is InChI=1S/C22H29N3O3/c1-4-23-21(26)17-9-8-10-18(15(17)2)24-22(27)20-12-11-19(28-20)16(3)25-13-6-5-7-14-25/h8-12,16H,4-7,13-14H2,1-3H3,(H,23,26)(H,24,27). The smallest absolute Gasteiger partial charge is 0.291 e. The molecule has 1 saturated heterocycles. The van der Waals surface area contributed by atoms with Crippen LogP contribution in [0.2, 0.25) is 0 Å². The summed E-state index contributed by atoms with van der Waals surface area (Å²) < 4.78 is 5.86. The van der Waals surface area contributed by atoms with Gasteiger partial charge in [0.25, 0.3) is 11.8 Å². The van der Waals surface area contributed by atoms with Gasteiger partial charge in [0.1, 0.15) is 5.76 Å². The van der Waals surface area contributed by atoms with Crippen molar-refractivity contribution >= 4 is 17.5 Å². The summed E-state index contributed by atoms with van der Waals surface area (Å²) in [7, 11) is 0. The number of hydrogen-bond acceptors (Lipinski definition) is 4. The zero-order valence-corrected chi connectivity index (χ0v) is 16.9. The number of anilines is 1. The van der Waals surface area contributed by atoms with Gasteiger partial charge in [0.15, 0.2) is 5.76 Å². The van der Waals surface area contributed by atoms with E-state index in [1.165, 1.54) is 19.3 Å². The second-order valence-corrected chi connectivity index (χ2v) is 7.27. The number of benzene rings is 1. The third kappa shape index (κ3) is 4.44. The van der Waals surface area contributed by atoms with E-state index in [2.05, 4.69) is 22.5 Å². The van der Waals surface area contributed by atoms with Crippen molar-refractivity contribution in [1.29, 1.82) is 0 Å². The van der Waals surface area contributed by atoms with Gasteiger partial charge in [-0.3, -0.25) is 14.5 Å². The van der Waals surface area contributed by atoms with Gasteiger partial charge in [-0.2, -0.15) is 0 Å². The van der Waals surface area contributed by atoms with E-state index in [0.29, 0.717) is 17.8 Å². The zero-order chi connectivity index (χ0) is 20.1. The van der Waals surface area contributed by atoms with Gasteiger partial charge >= 0.3 is 0 Å². The van der Waals surface area contributed by atoms with E-state index >= 15 is 0 Å². The van der Waals surface area contributed by atoms with Crippen LogP contribution in [0.1, 0.15) is 71.4 Å². The van der Waals surface area contributed by atoms with Crippen molar-refractivity contribution in [2.75, 3.05) is 25.0 Å². The highest BCUT2D eigenvalue weighted by Gasteiger charge is 2.22. The first-order valence-electron chi connectivity index (χ1n) is 10.0. The fourth-order valence-corrected chi connectivity index (χ4v) is 3.64. The van der Waals surface area contributed by atoms with E-state index in [4.69, 9.17) is 4.42 Å². The van der Waals surface area contributed by atoms with E-state index in [0.717, 1.165) is 24.4 Å². The molecule has 0 saturated carbocycles. The van der Waals surface area contributed by atoms with Crippen molar-refractivity contribution in [2.24, 2.45) is 0 Å². The van der Waals surface area contributed by atoms with Crippen LogP contribution < -0.4 is 10.6 Å². The Morgan fingerprint density at radius 3 is 2.57 bits per heavy atom. The highest BCUT2D eigenvalue weighted by atomic mass is 16.4. The maximum atomic E-state index is 12.7. The number of hydrogen-bond donors (Lipinski definition) is 2. The number of carbonyl (C=O) groups excluding carboxylic acids is 2. The van der Waals surface area contributed by atoms with Crippen LogP contribution in [-0.2, 0) is 0 Å². The molecule has 6 nitrogen and oxygen atoms in total. The molecule has 2 heterocycles. The number of nitrogens with zero attached hydrogens (tertiary/aromatic N) is 1. The lowest BCUT2D eigenvalue weighted by Gasteiger charge is -2.31. The van der Waals surface area contributed by atoms with Crippen LogP contribution in [0, 0.1) is 6.92 Å². The molecular formula is C22H29N3O3. The van der Waals surface area contributed by atoms with E-state index in [1.807, 2.05) is 19.9 Å². The summed E-state index contributed by atoms with van der Waals surface area (Å²) in [5.41, 5.74) is 1.89. The van der Waals surface area contributed by atoms with E-state index in [9.17, 15) is 9.59 Å². The summed E-state index contributed by atoms with van der Waals surface area (Å²) in [6, 6.07) is 9.06. The Bertz CT molecular complexity index is 837. The molecular weight excluding hydrogens is 354 g/mol. The van der Waals surface area contributed by atoms with Gasteiger partial charge in [-0.25, -0.2) is 0 Å². The monoisotopic (exact) mass is 383 g/mol. The Morgan fingerprint density at radius 2 is 1.86 bits per heavy atom. The van der Waals surface area contributed by atoms with Crippen LogP contribution in [0.4, 0.5) is 5.69 Å². The average Bonchev–Trinajstić information content (AvgIpc) is 3.20. The Labute approximate surface area is 166 Å². The Balaban J connectivity index is 1.71. The van der Waals surface area contributed by atoms with Crippen LogP contribution in [0.5, 0.6) is 0 Å². The van der Waals surface area contributed by atoms with E-state index in [1.54, 1.807) is 24.3 Å². The normalized spacial score (nSPS) is 15.8. The Morgan fingerprint density at radius 1 is 1.11 bits per heavy atom. The molecule has 3 rings (SSSR count). The summed E-state index contributed by atoms with van der Waals surface area (Å²) in [6.07, 6.45) is 3.70. The molecule has 0 bridgehead atoms. The maximum Gasteiger partial charge on any atom is 0.291 e. The number of furan rings is 1. The van der Waals surface area contributed by atoms with Crippen LogP contribution in [-0.4, -0.2) is 36.3 Å². The number of likely N-dealkylation sites (tertiary alicyclic amines) is 1. The molecule has 1 unspecified atom stereocenters. The van der Waals surface area contributed by atoms with E-state index < -0.39 is 0 Å². The van der Waals surface area contributed by atoms with Crippen LogP contribution in [0.15, 0.2) is 34.7 Å². The lowest BCUT2D eigenvalue weighted by molar-refractivity contribution is 0.0952. The summed E-state index contributed by atoms with van der Waals surface area (Å²) in [5, 5.41) is 5.66. The van der Waals surface area contributed by atoms with E-state index in [-0.39, 0.29) is 23.6 Å². The molecule has 1 atom stereocenters. The fraction of sp³-hybridized carbons (Fsp3) is 0.455. The first-order valence-corrected chi connectivity index (χ1v) is 10.0. The number of amides is 2. The van der Waals surface area contributed by atoms with Crippen molar-refractivity contribution in [3.63, 3.8) is 0 Å². The quantitative estimate of drug-likeness (QED) is 0.786. The molecule has 2 aromatic rings. The molecule has 1 aliphatic rings. The van der Waals surface area contributed by atoms with Crippen LogP contribution in [0.3, 0.4) is 0 Å². The van der Waals surface area contributed by atoms with Crippen molar-refractivity contribution in [2.45, 2.75) is 46.1 Å². The predicted molar refractivity (Wildman–Crippen MR) is 110 cm³/mol. The largest absolute Gasteiger partial charge is 0.454 e. The van der Waals surface area contributed by atoms with Gasteiger partial charge in [-0.05, 0) is 76.5 Å². The minimum absolute atomic E-state index is 0.147. The molecule has 2 N–H and O–H groups in total. The van der Waals surface area contributed by atoms with Gasteiger partial charge in [-0.15, -0.1) is 0 Å². The minimum Gasteiger partial charge on any atom is -0.454 e. The van der Waals surface area contributed by atoms with Crippen molar-refractivity contribution in [3.05, 3.63) is 53.0 Å². The SMILES string of the molecule is CCNC(=O)c1cccc(NC(=O)c2ccc(C(C)N3CCCCC3)o2)c1C. The molecule has 1 aromatic carbocycles. The molecule has 2 amide bonds. The molecule has 0 radical (unpaired) electrons. The molecule has 1 fully saturated rings. The maximum absolute atomic E-state index is 12.7. The predicted octanol–water partition coefficient (Wildman–Crippen LogP) is 4.14. The Kier molecular flexibility index (Phi) is 6.52. The third-order valence-corrected chi connectivity index (χ3v) is 5.36. The van der Waals surface area contributed by atoms with Crippen molar-refractivity contribution in [3.8, 4) is 0 Å². The second kappa shape index (κ2) is 9.06. The summed E-state index contributed by atoms with van der Waals surface area (Å²) in [5.74, 6) is 0.626. The number of carbonyl (C=O) groups is 2. The zero-order valence-electron chi connectivity index (χ0n) is 16.9. The minimum atomic E-state index is -0.312. The number of piperidine rings is 1. The molecule has 6 heteroatoms. The topological polar surface area (TPSA) is 74.6 Å². The lowest BCUT2D eigenvalue weighted by atomic mass is 10.1. The van der Waals surface area contributed by atoms with Crippen LogP contribution in [0.25, 0.3) is 0 Å². The summed E-state index contributed by atoms with van der Waals surface area (Å²) in [6.45, 7) is 8.50. The highest BCUT2D eigenvalue weighted by molar-refractivity contribution is 6.04. The Hall–Kier alpha value is -2.60. The second-order valence-electron chi connectivity index (χ2n) is 7.27. The lowest BCUT2D eigenvalue weighted by Crippen LogP contribution is -2.32. The molecule has 1 aliphatic heterocycles. The summed E-state index contributed by atoms with van der Waals surface area (Å²) in [4.78, 5) is 27.2. The summed E-state index contributed by atoms with van der Waals surface area (Å²) >= 11 is 0. The van der Waals surface area contributed by atoms with Gasteiger partial charge < -0.3 is 15.1 Å². The number of rotatable bonds is 6. The molecule has 1 aromatic heterocycles.